The van der Waals surface area contributed by atoms with Crippen molar-refractivity contribution in [3.05, 3.63) is 24.5 Å². The quantitative estimate of drug-likeness (QED) is 0.554. The van der Waals surface area contributed by atoms with Gasteiger partial charge < -0.3 is 24.8 Å². The molecule has 0 unspecified atom stereocenters. The Kier molecular flexibility index (Phi) is 7.30. The summed E-state index contributed by atoms with van der Waals surface area (Å²) >= 11 is 0. The topological polar surface area (TPSA) is 102 Å². The summed E-state index contributed by atoms with van der Waals surface area (Å²) in [4.78, 5) is 13.3. The van der Waals surface area contributed by atoms with Gasteiger partial charge in [0, 0.05) is 18.3 Å². The number of nitrogens with one attached hydrogen (secondary N) is 1. The van der Waals surface area contributed by atoms with Gasteiger partial charge in [-0.1, -0.05) is 32.1 Å². The molecule has 1 atom stereocenters. The fraction of sp³-hybridized carbons (Fsp3) is 0.652. The van der Waals surface area contributed by atoms with Gasteiger partial charge in [-0.05, 0) is 40.0 Å². The van der Waals surface area contributed by atoms with Gasteiger partial charge in [-0.3, -0.25) is 9.48 Å². The van der Waals surface area contributed by atoms with Gasteiger partial charge in [-0.15, -0.1) is 0 Å². The predicted molar refractivity (Wildman–Crippen MR) is 119 cm³/mol. The molecule has 8 nitrogen and oxygen atoms in total. The van der Waals surface area contributed by atoms with Gasteiger partial charge >= 0.3 is 0 Å². The van der Waals surface area contributed by atoms with E-state index in [0.717, 1.165) is 12.8 Å². The van der Waals surface area contributed by atoms with Crippen LogP contribution >= 0.6 is 0 Å². The fourth-order valence-electron chi connectivity index (χ4n) is 4.24. The lowest BCUT2D eigenvalue weighted by atomic mass is 9.84. The van der Waals surface area contributed by atoms with Crippen molar-refractivity contribution in [3.63, 3.8) is 0 Å². The van der Waals surface area contributed by atoms with Gasteiger partial charge in [0.25, 0.3) is 0 Å². The molecule has 2 aromatic rings. The average molecular weight is 433 g/mol. The van der Waals surface area contributed by atoms with Crippen LogP contribution in [-0.4, -0.2) is 42.2 Å². The second kappa shape index (κ2) is 9.77. The van der Waals surface area contributed by atoms with Gasteiger partial charge in [-0.25, -0.2) is 0 Å². The molecule has 0 spiro atoms. The van der Waals surface area contributed by atoms with Crippen molar-refractivity contribution < 1.29 is 19.7 Å². The first-order chi connectivity index (χ1) is 14.6. The Morgan fingerprint density at radius 1 is 1.32 bits per heavy atom. The number of carbonyl (C=O) groups excluding carboxylic acids is 1. The molecule has 31 heavy (non-hydrogen) atoms. The standard InChI is InChI=1S/C23H36N4O4/c1-16(2)31-18-13-21(28)27(14-18)19(12-17-8-6-5-7-9-17)22(29)24-20-10-11-26(25-20)15-23(3,4)30/h10-11,13-14,16-17,19,28,30H,5-9,12,15H2,1-4H3,(H,24,25,29)/t19-/m0/s1. The molecule has 1 amide bonds. The Hall–Kier alpha value is -2.48. The summed E-state index contributed by atoms with van der Waals surface area (Å²) in [5, 5.41) is 27.8. The van der Waals surface area contributed by atoms with Crippen molar-refractivity contribution in [3.8, 4) is 11.6 Å². The molecule has 172 valence electrons. The van der Waals surface area contributed by atoms with E-state index in [1.54, 1.807) is 47.6 Å². The van der Waals surface area contributed by atoms with Crippen molar-refractivity contribution in [2.45, 2.75) is 90.5 Å². The van der Waals surface area contributed by atoms with E-state index in [1.807, 2.05) is 13.8 Å². The van der Waals surface area contributed by atoms with Crippen molar-refractivity contribution in [2.75, 3.05) is 5.32 Å². The summed E-state index contributed by atoms with van der Waals surface area (Å²) in [7, 11) is 0. The largest absolute Gasteiger partial charge is 0.494 e. The maximum absolute atomic E-state index is 13.3. The van der Waals surface area contributed by atoms with Crippen LogP contribution in [0, 0.1) is 5.92 Å². The highest BCUT2D eigenvalue weighted by Gasteiger charge is 2.28. The van der Waals surface area contributed by atoms with Crippen LogP contribution in [0.4, 0.5) is 5.82 Å². The minimum atomic E-state index is -0.902. The number of aliphatic hydroxyl groups is 1. The molecule has 3 N–H and O–H groups in total. The third-order valence-electron chi connectivity index (χ3n) is 5.53. The highest BCUT2D eigenvalue weighted by molar-refractivity contribution is 5.93. The van der Waals surface area contributed by atoms with Crippen LogP contribution in [0.1, 0.15) is 72.3 Å². The second-order valence-electron chi connectivity index (χ2n) is 9.56. The van der Waals surface area contributed by atoms with E-state index < -0.39 is 11.6 Å². The van der Waals surface area contributed by atoms with E-state index in [4.69, 9.17) is 4.74 Å². The number of hydrogen-bond acceptors (Lipinski definition) is 5. The molecule has 8 heteroatoms. The molecule has 0 bridgehead atoms. The Bertz CT molecular complexity index is 859. The van der Waals surface area contributed by atoms with Gasteiger partial charge in [0.05, 0.1) is 24.4 Å². The monoisotopic (exact) mass is 432 g/mol. The fourth-order valence-corrected chi connectivity index (χ4v) is 4.24. The molecule has 1 aliphatic rings. The smallest absolute Gasteiger partial charge is 0.248 e. The summed E-state index contributed by atoms with van der Waals surface area (Å²) in [6.07, 6.45) is 9.86. The average Bonchev–Trinajstić information content (AvgIpc) is 3.24. The number of nitrogens with zero attached hydrogens (tertiary/aromatic N) is 3. The van der Waals surface area contributed by atoms with Crippen LogP contribution in [0.5, 0.6) is 11.6 Å². The van der Waals surface area contributed by atoms with Crippen molar-refractivity contribution in [2.24, 2.45) is 5.92 Å². The van der Waals surface area contributed by atoms with Gasteiger partial charge in [0.2, 0.25) is 5.91 Å². The summed E-state index contributed by atoms with van der Waals surface area (Å²) < 4.78 is 8.92. The lowest BCUT2D eigenvalue weighted by molar-refractivity contribution is -0.120. The molecule has 2 aromatic heterocycles. The summed E-state index contributed by atoms with van der Waals surface area (Å²) in [5.41, 5.74) is -0.902. The van der Waals surface area contributed by atoms with E-state index in [2.05, 4.69) is 10.4 Å². The lowest BCUT2D eigenvalue weighted by Crippen LogP contribution is -2.29. The summed E-state index contributed by atoms with van der Waals surface area (Å²) in [6.45, 7) is 7.58. The van der Waals surface area contributed by atoms with Crippen LogP contribution in [0.25, 0.3) is 0 Å². The number of carbonyl (C=O) groups is 1. The first kappa shape index (κ1) is 23.2. The second-order valence-corrected chi connectivity index (χ2v) is 9.56. The van der Waals surface area contributed by atoms with E-state index in [-0.39, 0.29) is 17.9 Å². The Morgan fingerprint density at radius 2 is 2.03 bits per heavy atom. The molecular formula is C23H36N4O4. The molecule has 1 aliphatic carbocycles. The van der Waals surface area contributed by atoms with Crippen LogP contribution in [0.3, 0.4) is 0 Å². The maximum Gasteiger partial charge on any atom is 0.248 e. The number of aromatic nitrogens is 3. The molecular weight excluding hydrogens is 396 g/mol. The third-order valence-corrected chi connectivity index (χ3v) is 5.53. The molecule has 2 heterocycles. The van der Waals surface area contributed by atoms with E-state index in [1.165, 1.54) is 19.3 Å². The van der Waals surface area contributed by atoms with Crippen LogP contribution in [-0.2, 0) is 11.3 Å². The predicted octanol–water partition coefficient (Wildman–Crippen LogP) is 4.10. The van der Waals surface area contributed by atoms with E-state index in [9.17, 15) is 15.0 Å². The zero-order valence-corrected chi connectivity index (χ0v) is 19.0. The Morgan fingerprint density at radius 3 is 2.68 bits per heavy atom. The first-order valence-corrected chi connectivity index (χ1v) is 11.2. The van der Waals surface area contributed by atoms with Crippen LogP contribution in [0.2, 0.25) is 0 Å². The van der Waals surface area contributed by atoms with Crippen LogP contribution < -0.4 is 10.1 Å². The first-order valence-electron chi connectivity index (χ1n) is 11.2. The Balaban J connectivity index is 1.79. The lowest BCUT2D eigenvalue weighted by Gasteiger charge is -2.27. The van der Waals surface area contributed by atoms with Crippen molar-refractivity contribution >= 4 is 11.7 Å². The number of ether oxygens (including phenoxy) is 1. The Labute approximate surface area is 184 Å². The number of hydrogen-bond donors (Lipinski definition) is 3. The number of aromatic hydroxyl groups is 1. The highest BCUT2D eigenvalue weighted by atomic mass is 16.5. The zero-order chi connectivity index (χ0) is 22.6. The zero-order valence-electron chi connectivity index (χ0n) is 19.0. The minimum Gasteiger partial charge on any atom is -0.494 e. The van der Waals surface area contributed by atoms with Crippen molar-refractivity contribution in [1.29, 1.82) is 0 Å². The molecule has 1 fully saturated rings. The number of amides is 1. The molecule has 0 saturated heterocycles. The minimum absolute atomic E-state index is 0.0131. The number of rotatable bonds is 9. The maximum atomic E-state index is 13.3. The van der Waals surface area contributed by atoms with Gasteiger partial charge in [0.15, 0.2) is 11.7 Å². The van der Waals surface area contributed by atoms with E-state index >= 15 is 0 Å². The molecule has 0 radical (unpaired) electrons. The summed E-state index contributed by atoms with van der Waals surface area (Å²) in [5.74, 6) is 1.20. The third kappa shape index (κ3) is 6.75. The SMILES string of the molecule is CC(C)Oc1cc(O)n([C@@H](CC2CCCCC2)C(=O)Nc2ccn(CC(C)(C)O)n2)c1. The normalized spacial score (nSPS) is 16.5. The number of anilines is 1. The van der Waals surface area contributed by atoms with Gasteiger partial charge in [0.1, 0.15) is 11.8 Å². The van der Waals surface area contributed by atoms with Gasteiger partial charge in [-0.2, -0.15) is 5.10 Å². The van der Waals surface area contributed by atoms with Crippen LogP contribution in [0.15, 0.2) is 24.5 Å². The van der Waals surface area contributed by atoms with E-state index in [0.29, 0.717) is 30.5 Å². The van der Waals surface area contributed by atoms with Crippen molar-refractivity contribution in [1.82, 2.24) is 14.3 Å². The molecule has 0 aliphatic heterocycles. The summed E-state index contributed by atoms with van der Waals surface area (Å²) in [6, 6.07) is 2.70. The molecule has 0 aromatic carbocycles. The molecule has 1 saturated carbocycles. The highest BCUT2D eigenvalue weighted by Crippen LogP contribution is 2.35. The molecule has 3 rings (SSSR count).